The largest absolute Gasteiger partial charge is 0.378 e. The molecule has 0 unspecified atom stereocenters. The van der Waals surface area contributed by atoms with Gasteiger partial charge in [0.15, 0.2) is 0 Å². The van der Waals surface area contributed by atoms with Crippen LogP contribution in [0.3, 0.4) is 0 Å². The Morgan fingerprint density at radius 1 is 1.33 bits per heavy atom. The lowest BCUT2D eigenvalue weighted by molar-refractivity contribution is 0.173. The van der Waals surface area contributed by atoms with Gasteiger partial charge in [0, 0.05) is 27.2 Å². The molecule has 2 aromatic rings. The van der Waals surface area contributed by atoms with Crippen molar-refractivity contribution >= 4 is 10.0 Å². The Bertz CT molecular complexity index is 868. The lowest BCUT2D eigenvalue weighted by Gasteiger charge is -2.33. The van der Waals surface area contributed by atoms with Crippen LogP contribution in [0.4, 0.5) is 0 Å². The summed E-state index contributed by atoms with van der Waals surface area (Å²) in [6.45, 7) is 6.80. The second-order valence-corrected chi connectivity index (χ2v) is 7.94. The van der Waals surface area contributed by atoms with Crippen molar-refractivity contribution in [3.63, 3.8) is 0 Å². The lowest BCUT2D eigenvalue weighted by Crippen LogP contribution is -2.41. The van der Waals surface area contributed by atoms with Gasteiger partial charge in [-0.3, -0.25) is 4.68 Å². The maximum absolute atomic E-state index is 13.2. The highest BCUT2D eigenvalue weighted by molar-refractivity contribution is 7.89. The van der Waals surface area contributed by atoms with Crippen molar-refractivity contribution in [2.45, 2.75) is 44.9 Å². The van der Waals surface area contributed by atoms with Crippen LogP contribution in [-0.2, 0) is 35.0 Å². The molecule has 2 aromatic heterocycles. The quantitative estimate of drug-likeness (QED) is 0.823. The van der Waals surface area contributed by atoms with E-state index in [4.69, 9.17) is 4.74 Å². The minimum absolute atomic E-state index is 0.300. The number of rotatable bonds is 4. The predicted octanol–water partition coefficient (Wildman–Crippen LogP) is 1.15. The summed E-state index contributed by atoms with van der Waals surface area (Å²) in [7, 11) is -0.242. The summed E-state index contributed by atoms with van der Waals surface area (Å²) in [5.74, 6) is 0.746. The van der Waals surface area contributed by atoms with E-state index in [-0.39, 0.29) is 6.04 Å². The van der Waals surface area contributed by atoms with E-state index in [1.807, 2.05) is 11.5 Å². The number of sulfonamides is 1. The summed E-state index contributed by atoms with van der Waals surface area (Å²) in [6.07, 6.45) is 1.76. The molecule has 0 radical (unpaired) electrons. The highest BCUT2D eigenvalue weighted by Gasteiger charge is 2.38. The average Bonchev–Trinajstić information content (AvgIpc) is 3.02. The Kier molecular flexibility index (Phi) is 4.27. The molecule has 132 valence electrons. The molecule has 8 nitrogen and oxygen atoms in total. The fourth-order valence-corrected chi connectivity index (χ4v) is 5.36. The molecular weight excluding hydrogens is 330 g/mol. The van der Waals surface area contributed by atoms with Crippen molar-refractivity contribution in [1.82, 2.24) is 23.6 Å². The zero-order chi connectivity index (χ0) is 17.6. The zero-order valence-electron chi connectivity index (χ0n) is 14.6. The van der Waals surface area contributed by atoms with E-state index >= 15 is 0 Å². The number of aromatic nitrogens is 4. The summed E-state index contributed by atoms with van der Waals surface area (Å²) in [5, 5.41) is 4.24. The van der Waals surface area contributed by atoms with Crippen molar-refractivity contribution in [2.24, 2.45) is 7.05 Å². The van der Waals surface area contributed by atoms with Crippen LogP contribution in [0.2, 0.25) is 0 Å². The van der Waals surface area contributed by atoms with Gasteiger partial charge in [0.2, 0.25) is 10.0 Å². The molecule has 9 heteroatoms. The molecule has 0 saturated heterocycles. The van der Waals surface area contributed by atoms with E-state index < -0.39 is 10.0 Å². The number of fused-ring (bicyclic) bond motifs is 1. The van der Waals surface area contributed by atoms with Crippen LogP contribution in [0, 0.1) is 13.8 Å². The Morgan fingerprint density at radius 3 is 2.62 bits per heavy atom. The first kappa shape index (κ1) is 17.1. The van der Waals surface area contributed by atoms with Gasteiger partial charge in [-0.05, 0) is 20.8 Å². The third kappa shape index (κ3) is 2.47. The van der Waals surface area contributed by atoms with Crippen LogP contribution in [-0.4, -0.2) is 45.7 Å². The van der Waals surface area contributed by atoms with E-state index in [1.165, 1.54) is 4.31 Å². The monoisotopic (exact) mass is 353 g/mol. The molecule has 3 rings (SSSR count). The molecule has 0 N–H and O–H groups in total. The number of imidazole rings is 1. The van der Waals surface area contributed by atoms with E-state index in [1.54, 1.807) is 38.9 Å². The lowest BCUT2D eigenvalue weighted by atomic mass is 10.2. The third-order valence-corrected chi connectivity index (χ3v) is 6.84. The minimum atomic E-state index is -3.63. The maximum Gasteiger partial charge on any atom is 0.247 e. The molecule has 0 amide bonds. The van der Waals surface area contributed by atoms with Crippen LogP contribution in [0.5, 0.6) is 0 Å². The summed E-state index contributed by atoms with van der Waals surface area (Å²) < 4.78 is 36.8. The Morgan fingerprint density at radius 2 is 2.04 bits per heavy atom. The second kappa shape index (κ2) is 5.98. The van der Waals surface area contributed by atoms with Crippen LogP contribution in [0.15, 0.2) is 11.1 Å². The van der Waals surface area contributed by atoms with E-state index in [9.17, 15) is 8.42 Å². The van der Waals surface area contributed by atoms with Gasteiger partial charge in [-0.25, -0.2) is 13.4 Å². The van der Waals surface area contributed by atoms with Gasteiger partial charge in [0.05, 0.1) is 35.9 Å². The molecular formula is C15H23N5O3S. The molecule has 24 heavy (non-hydrogen) atoms. The number of ether oxygens (including phenoxy) is 1. The highest BCUT2D eigenvalue weighted by atomic mass is 32.2. The normalized spacial score (nSPS) is 18.8. The first-order chi connectivity index (χ1) is 11.3. The first-order valence-electron chi connectivity index (χ1n) is 7.84. The fourth-order valence-electron chi connectivity index (χ4n) is 3.38. The van der Waals surface area contributed by atoms with Crippen molar-refractivity contribution in [2.75, 3.05) is 13.7 Å². The van der Waals surface area contributed by atoms with Crippen molar-refractivity contribution in [3.05, 3.63) is 29.1 Å². The van der Waals surface area contributed by atoms with Gasteiger partial charge in [-0.15, -0.1) is 0 Å². The first-order valence-corrected chi connectivity index (χ1v) is 9.28. The molecule has 3 heterocycles. The number of nitrogens with zero attached hydrogens (tertiary/aromatic N) is 5. The highest BCUT2D eigenvalue weighted by Crippen LogP contribution is 2.33. The third-order valence-electron chi connectivity index (χ3n) is 4.62. The van der Waals surface area contributed by atoms with Crippen molar-refractivity contribution in [3.8, 4) is 0 Å². The van der Waals surface area contributed by atoms with Gasteiger partial charge < -0.3 is 9.30 Å². The predicted molar refractivity (Wildman–Crippen MR) is 87.9 cm³/mol. The van der Waals surface area contributed by atoms with Crippen molar-refractivity contribution in [1.29, 1.82) is 0 Å². The number of methoxy groups -OCH3 is 1. The SMILES string of the molecule is COCc1cnc2n1CCN(S(=O)(=O)c1c(C)nn(C)c1C)[C@H]2C. The molecule has 0 spiro atoms. The fraction of sp³-hybridized carbons (Fsp3) is 0.600. The van der Waals surface area contributed by atoms with Gasteiger partial charge in [-0.1, -0.05) is 0 Å². The minimum Gasteiger partial charge on any atom is -0.378 e. The van der Waals surface area contributed by atoms with E-state index in [0.29, 0.717) is 36.0 Å². The zero-order valence-corrected chi connectivity index (χ0v) is 15.5. The standard InChI is InChI=1S/C15H23N5O3S/c1-10-14(11(2)18(4)17-10)24(21,22)20-7-6-19-13(9-23-5)8-16-15(19)12(20)3/h8,12H,6-7,9H2,1-5H3/t12-/m0/s1. The van der Waals surface area contributed by atoms with Crippen LogP contribution < -0.4 is 0 Å². The Balaban J connectivity index is 2.01. The van der Waals surface area contributed by atoms with Gasteiger partial charge in [0.1, 0.15) is 10.7 Å². The molecule has 0 fully saturated rings. The van der Waals surface area contributed by atoms with E-state index in [0.717, 1.165) is 11.5 Å². The molecule has 0 aliphatic carbocycles. The summed E-state index contributed by atoms with van der Waals surface area (Å²) in [5.41, 5.74) is 2.13. The van der Waals surface area contributed by atoms with Gasteiger partial charge in [-0.2, -0.15) is 9.40 Å². The van der Waals surface area contributed by atoms with Gasteiger partial charge >= 0.3 is 0 Å². The molecule has 0 saturated carbocycles. The van der Waals surface area contributed by atoms with E-state index in [2.05, 4.69) is 10.1 Å². The van der Waals surface area contributed by atoms with Crippen LogP contribution in [0.25, 0.3) is 0 Å². The Hall–Kier alpha value is -1.71. The van der Waals surface area contributed by atoms with Crippen molar-refractivity contribution < 1.29 is 13.2 Å². The number of hydrogen-bond acceptors (Lipinski definition) is 5. The Labute approximate surface area is 142 Å². The molecule has 1 aliphatic heterocycles. The number of hydrogen-bond donors (Lipinski definition) is 0. The molecule has 1 aliphatic rings. The summed E-state index contributed by atoms with van der Waals surface area (Å²) in [6, 6.07) is -0.339. The smallest absolute Gasteiger partial charge is 0.247 e. The molecule has 1 atom stereocenters. The summed E-state index contributed by atoms with van der Waals surface area (Å²) >= 11 is 0. The van der Waals surface area contributed by atoms with Crippen LogP contribution in [0.1, 0.15) is 35.9 Å². The maximum atomic E-state index is 13.2. The van der Waals surface area contributed by atoms with Gasteiger partial charge in [0.25, 0.3) is 0 Å². The average molecular weight is 353 g/mol. The van der Waals surface area contributed by atoms with Crippen LogP contribution >= 0.6 is 0 Å². The molecule has 0 aromatic carbocycles. The number of aryl methyl sites for hydroxylation is 2. The second-order valence-electron chi connectivity index (χ2n) is 6.11. The molecule has 0 bridgehead atoms. The topological polar surface area (TPSA) is 82.2 Å². The summed E-state index contributed by atoms with van der Waals surface area (Å²) in [4.78, 5) is 4.72.